The summed E-state index contributed by atoms with van der Waals surface area (Å²) >= 11 is 0. The number of fused-ring (bicyclic) bond motifs is 1. The Bertz CT molecular complexity index is 816. The lowest BCUT2D eigenvalue weighted by Gasteiger charge is -2.31. The van der Waals surface area contributed by atoms with Crippen molar-refractivity contribution in [3.8, 4) is 0 Å². The van der Waals surface area contributed by atoms with Crippen LogP contribution in [-0.4, -0.2) is 41.3 Å². The smallest absolute Gasteiger partial charge is 0.274 e. The predicted octanol–water partition coefficient (Wildman–Crippen LogP) is 1.83. The number of benzene rings is 1. The molecule has 4 rings (SSSR count). The highest BCUT2D eigenvalue weighted by atomic mass is 16.2. The molecule has 1 fully saturated rings. The van der Waals surface area contributed by atoms with Crippen molar-refractivity contribution < 1.29 is 9.59 Å². The Morgan fingerprint density at radius 2 is 2.12 bits per heavy atom. The summed E-state index contributed by atoms with van der Waals surface area (Å²) in [5, 5.41) is 6.15. The number of amides is 2. The maximum Gasteiger partial charge on any atom is 0.274 e. The van der Waals surface area contributed by atoms with E-state index < -0.39 is 0 Å². The van der Waals surface area contributed by atoms with Crippen LogP contribution in [0, 0.1) is 5.92 Å². The second-order valence-electron chi connectivity index (χ2n) is 6.85. The molecule has 0 spiro atoms. The third-order valence-electron chi connectivity index (χ3n) is 5.10. The van der Waals surface area contributed by atoms with Gasteiger partial charge in [-0.05, 0) is 54.8 Å². The van der Waals surface area contributed by atoms with Crippen LogP contribution in [0.15, 0.2) is 42.6 Å². The van der Waals surface area contributed by atoms with Crippen LogP contribution in [-0.2, 0) is 17.8 Å². The number of nitrogens with one attached hydrogen (secondary N) is 2. The summed E-state index contributed by atoms with van der Waals surface area (Å²) in [6.07, 6.45) is 3.38. The molecule has 26 heavy (non-hydrogen) atoms. The number of pyridine rings is 1. The third-order valence-corrected chi connectivity index (χ3v) is 5.10. The predicted molar refractivity (Wildman–Crippen MR) is 98.7 cm³/mol. The molecule has 3 heterocycles. The van der Waals surface area contributed by atoms with E-state index >= 15 is 0 Å². The van der Waals surface area contributed by atoms with Gasteiger partial charge < -0.3 is 15.5 Å². The molecule has 0 aliphatic carbocycles. The Balaban J connectivity index is 1.47. The second-order valence-corrected chi connectivity index (χ2v) is 6.85. The summed E-state index contributed by atoms with van der Waals surface area (Å²) in [6.45, 7) is 3.08. The van der Waals surface area contributed by atoms with Gasteiger partial charge in [0, 0.05) is 31.5 Å². The van der Waals surface area contributed by atoms with Crippen molar-refractivity contribution in [1.82, 2.24) is 15.2 Å². The van der Waals surface area contributed by atoms with Crippen LogP contribution in [0.25, 0.3) is 0 Å². The molecular formula is C20H22N4O2. The third kappa shape index (κ3) is 3.46. The fraction of sp³-hybridized carbons (Fsp3) is 0.350. The van der Waals surface area contributed by atoms with E-state index in [1.165, 1.54) is 5.56 Å². The molecule has 2 aromatic rings. The van der Waals surface area contributed by atoms with Crippen molar-refractivity contribution in [1.29, 1.82) is 0 Å². The van der Waals surface area contributed by atoms with Gasteiger partial charge in [0.05, 0.1) is 5.92 Å². The quantitative estimate of drug-likeness (QED) is 0.886. The van der Waals surface area contributed by atoms with E-state index in [4.69, 9.17) is 0 Å². The molecule has 2 aliphatic rings. The summed E-state index contributed by atoms with van der Waals surface area (Å²) in [5.41, 5.74) is 3.47. The molecule has 1 saturated heterocycles. The summed E-state index contributed by atoms with van der Waals surface area (Å²) in [7, 11) is 0. The van der Waals surface area contributed by atoms with Gasteiger partial charge in [-0.15, -0.1) is 0 Å². The first-order chi connectivity index (χ1) is 12.7. The minimum atomic E-state index is -0.230. The van der Waals surface area contributed by atoms with Crippen molar-refractivity contribution in [2.75, 3.05) is 25.0 Å². The fourth-order valence-electron chi connectivity index (χ4n) is 3.64. The van der Waals surface area contributed by atoms with Crippen LogP contribution < -0.4 is 10.6 Å². The van der Waals surface area contributed by atoms with Crippen molar-refractivity contribution in [2.45, 2.75) is 19.4 Å². The monoisotopic (exact) mass is 350 g/mol. The van der Waals surface area contributed by atoms with Gasteiger partial charge in [0.25, 0.3) is 5.91 Å². The average Bonchev–Trinajstić information content (AvgIpc) is 3.22. The molecule has 134 valence electrons. The van der Waals surface area contributed by atoms with E-state index in [0.717, 1.165) is 43.7 Å². The van der Waals surface area contributed by atoms with Gasteiger partial charge in [-0.2, -0.15) is 0 Å². The van der Waals surface area contributed by atoms with Gasteiger partial charge in [-0.3, -0.25) is 14.6 Å². The number of rotatable bonds is 3. The van der Waals surface area contributed by atoms with Gasteiger partial charge in [0.1, 0.15) is 5.69 Å². The lowest BCUT2D eigenvalue weighted by Crippen LogP contribution is -2.40. The number of carbonyl (C=O) groups excluding carboxylic acids is 2. The SMILES string of the molecule is O=C(Nc1ccc2c(c1)CN(C(=O)[C@@H]1CCNC1)CC2)c1ccccn1. The Hall–Kier alpha value is -2.73. The molecule has 2 N–H and O–H groups in total. The van der Waals surface area contributed by atoms with Crippen molar-refractivity contribution in [3.05, 3.63) is 59.4 Å². The molecule has 2 aliphatic heterocycles. The highest BCUT2D eigenvalue weighted by Gasteiger charge is 2.29. The number of anilines is 1. The normalized spacial score (nSPS) is 19.1. The molecule has 6 heteroatoms. The Morgan fingerprint density at radius 1 is 1.19 bits per heavy atom. The van der Waals surface area contributed by atoms with Crippen molar-refractivity contribution in [3.63, 3.8) is 0 Å². The molecule has 2 amide bonds. The number of nitrogens with zero attached hydrogens (tertiary/aromatic N) is 2. The van der Waals surface area contributed by atoms with Gasteiger partial charge in [0.2, 0.25) is 5.91 Å². The first-order valence-corrected chi connectivity index (χ1v) is 9.04. The van der Waals surface area contributed by atoms with Crippen LogP contribution in [0.3, 0.4) is 0 Å². The van der Waals surface area contributed by atoms with Crippen molar-refractivity contribution in [2.24, 2.45) is 5.92 Å². The number of carbonyl (C=O) groups is 2. The first-order valence-electron chi connectivity index (χ1n) is 9.04. The lowest BCUT2D eigenvalue weighted by atomic mass is 9.97. The Labute approximate surface area is 152 Å². The molecule has 0 radical (unpaired) electrons. The lowest BCUT2D eigenvalue weighted by molar-refractivity contribution is -0.135. The van der Waals surface area contributed by atoms with Crippen LogP contribution in [0.1, 0.15) is 28.0 Å². The fourth-order valence-corrected chi connectivity index (χ4v) is 3.64. The standard InChI is InChI=1S/C20H22N4O2/c25-19(18-3-1-2-8-22-18)23-17-5-4-14-7-10-24(13-16(14)11-17)20(26)15-6-9-21-12-15/h1-5,8,11,15,21H,6-7,9-10,12-13H2,(H,23,25)/t15-/m1/s1. The summed E-state index contributed by atoms with van der Waals surface area (Å²) < 4.78 is 0. The molecule has 0 saturated carbocycles. The van der Waals surface area contributed by atoms with Gasteiger partial charge in [-0.1, -0.05) is 12.1 Å². The number of aromatic nitrogens is 1. The minimum Gasteiger partial charge on any atom is -0.338 e. The molecule has 1 atom stereocenters. The maximum atomic E-state index is 12.7. The van der Waals surface area contributed by atoms with E-state index in [9.17, 15) is 9.59 Å². The molecule has 0 unspecified atom stereocenters. The van der Waals surface area contributed by atoms with E-state index in [1.807, 2.05) is 23.1 Å². The minimum absolute atomic E-state index is 0.101. The van der Waals surface area contributed by atoms with Gasteiger partial charge in [0.15, 0.2) is 0 Å². The van der Waals surface area contributed by atoms with E-state index in [0.29, 0.717) is 12.2 Å². The van der Waals surface area contributed by atoms with Crippen molar-refractivity contribution >= 4 is 17.5 Å². The van der Waals surface area contributed by atoms with Crippen LogP contribution >= 0.6 is 0 Å². The number of hydrogen-bond donors (Lipinski definition) is 2. The molecule has 0 bridgehead atoms. The summed E-state index contributed by atoms with van der Waals surface area (Å²) in [4.78, 5) is 31.0. The van der Waals surface area contributed by atoms with Crippen LogP contribution in [0.2, 0.25) is 0 Å². The zero-order valence-corrected chi connectivity index (χ0v) is 14.6. The molecule has 1 aromatic carbocycles. The van der Waals surface area contributed by atoms with Gasteiger partial charge in [-0.25, -0.2) is 0 Å². The first kappa shape index (κ1) is 16.7. The van der Waals surface area contributed by atoms with E-state index in [-0.39, 0.29) is 17.7 Å². The highest BCUT2D eigenvalue weighted by Crippen LogP contribution is 2.25. The molecule has 1 aromatic heterocycles. The van der Waals surface area contributed by atoms with Gasteiger partial charge >= 0.3 is 0 Å². The highest BCUT2D eigenvalue weighted by molar-refractivity contribution is 6.02. The molecular weight excluding hydrogens is 328 g/mol. The van der Waals surface area contributed by atoms with E-state index in [1.54, 1.807) is 24.4 Å². The Morgan fingerprint density at radius 3 is 2.88 bits per heavy atom. The summed E-state index contributed by atoms with van der Waals surface area (Å²) in [6, 6.07) is 11.2. The van der Waals surface area contributed by atoms with Crippen LogP contribution in [0.5, 0.6) is 0 Å². The maximum absolute atomic E-state index is 12.7. The Kier molecular flexibility index (Phi) is 4.67. The molecule has 6 nitrogen and oxygen atoms in total. The topological polar surface area (TPSA) is 74.3 Å². The largest absolute Gasteiger partial charge is 0.338 e. The summed E-state index contributed by atoms with van der Waals surface area (Å²) in [5.74, 6) is 0.110. The zero-order valence-electron chi connectivity index (χ0n) is 14.6. The average molecular weight is 350 g/mol. The van der Waals surface area contributed by atoms with E-state index in [2.05, 4.69) is 15.6 Å². The zero-order chi connectivity index (χ0) is 17.9. The number of hydrogen-bond acceptors (Lipinski definition) is 4. The second kappa shape index (κ2) is 7.25. The van der Waals surface area contributed by atoms with Crippen LogP contribution in [0.4, 0.5) is 5.69 Å².